The molecule has 2 rings (SSSR count). The van der Waals surface area contributed by atoms with E-state index in [0.717, 1.165) is 0 Å². The third kappa shape index (κ3) is 2.35. The number of pyridine rings is 1. The minimum absolute atomic E-state index is 0.0241. The normalized spacial score (nSPS) is 22.5. The SMILES string of the molecule is Cc1nc(N2CCC(C)(C(=O)O)C2)ccc1[N+](=O)[O-]. The zero-order valence-corrected chi connectivity index (χ0v) is 10.8. The summed E-state index contributed by atoms with van der Waals surface area (Å²) in [6.07, 6.45) is 0.542. The highest BCUT2D eigenvalue weighted by Gasteiger charge is 2.41. The number of hydrogen-bond donors (Lipinski definition) is 1. The predicted octanol–water partition coefficient (Wildman–Crippen LogP) is 1.60. The van der Waals surface area contributed by atoms with Gasteiger partial charge in [-0.3, -0.25) is 14.9 Å². The number of hydrogen-bond acceptors (Lipinski definition) is 5. The highest BCUT2D eigenvalue weighted by atomic mass is 16.6. The summed E-state index contributed by atoms with van der Waals surface area (Å²) in [6, 6.07) is 2.98. The van der Waals surface area contributed by atoms with Gasteiger partial charge in [-0.15, -0.1) is 0 Å². The van der Waals surface area contributed by atoms with Crippen molar-refractivity contribution in [2.45, 2.75) is 20.3 Å². The molecule has 1 aliphatic rings. The lowest BCUT2D eigenvalue weighted by molar-refractivity contribution is -0.385. The smallest absolute Gasteiger partial charge is 0.311 e. The zero-order chi connectivity index (χ0) is 14.2. The van der Waals surface area contributed by atoms with E-state index in [4.69, 9.17) is 0 Å². The zero-order valence-electron chi connectivity index (χ0n) is 10.8. The van der Waals surface area contributed by atoms with E-state index < -0.39 is 16.3 Å². The second-order valence-corrected chi connectivity index (χ2v) is 5.07. The van der Waals surface area contributed by atoms with Crippen LogP contribution in [0.1, 0.15) is 19.0 Å². The standard InChI is InChI=1S/C12H15N3O4/c1-8-9(15(18)19)3-4-10(13-8)14-6-5-12(2,7-14)11(16)17/h3-4H,5-7H2,1-2H3,(H,16,17). The molecule has 7 heteroatoms. The van der Waals surface area contributed by atoms with Crippen LogP contribution in [0.4, 0.5) is 11.5 Å². The van der Waals surface area contributed by atoms with Crippen molar-refractivity contribution < 1.29 is 14.8 Å². The second kappa shape index (κ2) is 4.49. The molecule has 1 aromatic rings. The number of carbonyl (C=O) groups is 1. The molecule has 102 valence electrons. The number of anilines is 1. The van der Waals surface area contributed by atoms with E-state index >= 15 is 0 Å². The van der Waals surface area contributed by atoms with Crippen molar-refractivity contribution >= 4 is 17.5 Å². The Bertz CT molecular complexity index is 546. The summed E-state index contributed by atoms with van der Waals surface area (Å²) in [4.78, 5) is 27.5. The van der Waals surface area contributed by atoms with E-state index in [2.05, 4.69) is 4.98 Å². The maximum atomic E-state index is 11.2. The van der Waals surface area contributed by atoms with Gasteiger partial charge in [-0.05, 0) is 26.3 Å². The largest absolute Gasteiger partial charge is 0.481 e. The topological polar surface area (TPSA) is 96.6 Å². The van der Waals surface area contributed by atoms with Crippen LogP contribution in [0.25, 0.3) is 0 Å². The molecule has 0 amide bonds. The van der Waals surface area contributed by atoms with Crippen LogP contribution in [0.2, 0.25) is 0 Å². The van der Waals surface area contributed by atoms with Gasteiger partial charge in [0.15, 0.2) is 0 Å². The Labute approximate surface area is 110 Å². The summed E-state index contributed by atoms with van der Waals surface area (Å²) < 4.78 is 0. The van der Waals surface area contributed by atoms with Gasteiger partial charge < -0.3 is 10.0 Å². The first-order valence-electron chi connectivity index (χ1n) is 5.94. The van der Waals surface area contributed by atoms with Gasteiger partial charge in [0, 0.05) is 19.2 Å². The van der Waals surface area contributed by atoms with E-state index in [1.807, 2.05) is 4.90 Å². The lowest BCUT2D eigenvalue weighted by Gasteiger charge is -2.21. The summed E-state index contributed by atoms with van der Waals surface area (Å²) >= 11 is 0. The van der Waals surface area contributed by atoms with E-state index in [1.54, 1.807) is 19.9 Å². The van der Waals surface area contributed by atoms with Crippen LogP contribution in [0.5, 0.6) is 0 Å². The first-order chi connectivity index (χ1) is 8.83. The van der Waals surface area contributed by atoms with Crippen molar-refractivity contribution in [2.75, 3.05) is 18.0 Å². The van der Waals surface area contributed by atoms with Gasteiger partial charge >= 0.3 is 5.97 Å². The van der Waals surface area contributed by atoms with Crippen LogP contribution in [-0.4, -0.2) is 34.1 Å². The van der Waals surface area contributed by atoms with E-state index in [1.165, 1.54) is 6.07 Å². The van der Waals surface area contributed by atoms with Crippen molar-refractivity contribution in [1.29, 1.82) is 0 Å². The number of carboxylic acids is 1. The lowest BCUT2D eigenvalue weighted by atomic mass is 9.90. The van der Waals surface area contributed by atoms with E-state index in [9.17, 15) is 20.0 Å². The lowest BCUT2D eigenvalue weighted by Crippen LogP contribution is -2.32. The molecule has 1 saturated heterocycles. The Kier molecular flexibility index (Phi) is 3.13. The van der Waals surface area contributed by atoms with Gasteiger partial charge in [0.05, 0.1) is 10.3 Å². The van der Waals surface area contributed by atoms with Gasteiger partial charge in [-0.1, -0.05) is 0 Å². The summed E-state index contributed by atoms with van der Waals surface area (Å²) in [7, 11) is 0. The number of aryl methyl sites for hydroxylation is 1. The molecular formula is C12H15N3O4. The Morgan fingerprint density at radius 1 is 1.58 bits per heavy atom. The van der Waals surface area contributed by atoms with Gasteiger partial charge in [-0.2, -0.15) is 0 Å². The van der Waals surface area contributed by atoms with E-state index in [0.29, 0.717) is 31.0 Å². The summed E-state index contributed by atoms with van der Waals surface area (Å²) in [6.45, 7) is 4.24. The number of aliphatic carboxylic acids is 1. The summed E-state index contributed by atoms with van der Waals surface area (Å²) in [5.41, 5.74) is -0.465. The Hall–Kier alpha value is -2.18. The fourth-order valence-corrected chi connectivity index (χ4v) is 2.24. The molecule has 1 N–H and O–H groups in total. The second-order valence-electron chi connectivity index (χ2n) is 5.07. The molecule has 1 aliphatic heterocycles. The van der Waals surface area contributed by atoms with Crippen LogP contribution < -0.4 is 4.90 Å². The van der Waals surface area contributed by atoms with Crippen LogP contribution in [0.15, 0.2) is 12.1 Å². The third-order valence-corrected chi connectivity index (χ3v) is 3.55. The van der Waals surface area contributed by atoms with Gasteiger partial charge in [0.25, 0.3) is 5.69 Å². The maximum Gasteiger partial charge on any atom is 0.311 e. The third-order valence-electron chi connectivity index (χ3n) is 3.55. The van der Waals surface area contributed by atoms with Crippen LogP contribution >= 0.6 is 0 Å². The van der Waals surface area contributed by atoms with E-state index in [-0.39, 0.29) is 5.69 Å². The van der Waals surface area contributed by atoms with Crippen molar-refractivity contribution in [1.82, 2.24) is 4.98 Å². The van der Waals surface area contributed by atoms with Crippen molar-refractivity contribution in [3.8, 4) is 0 Å². The maximum absolute atomic E-state index is 11.2. The molecule has 1 atom stereocenters. The van der Waals surface area contributed by atoms with Crippen LogP contribution in [0.3, 0.4) is 0 Å². The average Bonchev–Trinajstić information content (AvgIpc) is 2.73. The molecule has 0 aromatic carbocycles. The Morgan fingerprint density at radius 2 is 2.26 bits per heavy atom. The molecule has 0 radical (unpaired) electrons. The van der Waals surface area contributed by atoms with Crippen LogP contribution in [0, 0.1) is 22.5 Å². The highest BCUT2D eigenvalue weighted by Crippen LogP contribution is 2.33. The molecular weight excluding hydrogens is 250 g/mol. The Balaban J connectivity index is 2.23. The summed E-state index contributed by atoms with van der Waals surface area (Å²) in [5, 5.41) is 19.9. The Morgan fingerprint density at radius 3 is 2.74 bits per heavy atom. The average molecular weight is 265 g/mol. The molecule has 0 bridgehead atoms. The first kappa shape index (κ1) is 13.3. The molecule has 1 unspecified atom stereocenters. The van der Waals surface area contributed by atoms with Crippen molar-refractivity contribution in [3.63, 3.8) is 0 Å². The molecule has 2 heterocycles. The molecule has 1 aromatic heterocycles. The number of carboxylic acid groups (broad SMARTS) is 1. The van der Waals surface area contributed by atoms with Crippen molar-refractivity contribution in [2.24, 2.45) is 5.41 Å². The quantitative estimate of drug-likeness (QED) is 0.658. The number of nitro groups is 1. The van der Waals surface area contributed by atoms with Gasteiger partial charge in [-0.25, -0.2) is 4.98 Å². The fraction of sp³-hybridized carbons (Fsp3) is 0.500. The molecule has 0 spiro atoms. The molecule has 0 aliphatic carbocycles. The minimum atomic E-state index is -0.825. The van der Waals surface area contributed by atoms with Gasteiger partial charge in [0.1, 0.15) is 11.5 Å². The fourth-order valence-electron chi connectivity index (χ4n) is 2.24. The minimum Gasteiger partial charge on any atom is -0.481 e. The molecule has 0 saturated carbocycles. The monoisotopic (exact) mass is 265 g/mol. The molecule has 19 heavy (non-hydrogen) atoms. The van der Waals surface area contributed by atoms with Gasteiger partial charge in [0.2, 0.25) is 0 Å². The molecule has 1 fully saturated rings. The number of nitrogens with zero attached hydrogens (tertiary/aromatic N) is 3. The molecule has 7 nitrogen and oxygen atoms in total. The van der Waals surface area contributed by atoms with Crippen molar-refractivity contribution in [3.05, 3.63) is 27.9 Å². The number of rotatable bonds is 3. The highest BCUT2D eigenvalue weighted by molar-refractivity contribution is 5.76. The number of aromatic nitrogens is 1. The predicted molar refractivity (Wildman–Crippen MR) is 68.2 cm³/mol. The summed E-state index contributed by atoms with van der Waals surface area (Å²) in [5.74, 6) is -0.235. The first-order valence-corrected chi connectivity index (χ1v) is 5.94. The van der Waals surface area contributed by atoms with Crippen LogP contribution in [-0.2, 0) is 4.79 Å².